The lowest BCUT2D eigenvalue weighted by molar-refractivity contribution is 0.0514. The topological polar surface area (TPSA) is 77.4 Å². The van der Waals surface area contributed by atoms with Crippen molar-refractivity contribution in [2.24, 2.45) is 7.05 Å². The van der Waals surface area contributed by atoms with Crippen LogP contribution in [0, 0.1) is 27.7 Å². The number of aryl methyl sites for hydroxylation is 2. The molecular weight excluding hydrogens is 340 g/mol. The fourth-order valence-corrected chi connectivity index (χ4v) is 4.51. The largest absolute Gasteiger partial charge is 0.461 e. The van der Waals surface area contributed by atoms with Crippen molar-refractivity contribution in [2.75, 3.05) is 11.3 Å². The van der Waals surface area contributed by atoms with Crippen molar-refractivity contribution < 1.29 is 17.9 Å². The molecule has 2 rings (SSSR count). The molecule has 0 aliphatic rings. The molecule has 0 saturated heterocycles. The first-order valence-corrected chi connectivity index (χ1v) is 9.51. The normalized spacial score (nSPS) is 11.4. The number of aromatic nitrogens is 1. The molecule has 1 heterocycles. The zero-order chi connectivity index (χ0) is 18.9. The Balaban J connectivity index is 2.55. The zero-order valence-corrected chi connectivity index (χ0v) is 16.2. The van der Waals surface area contributed by atoms with Gasteiger partial charge < -0.3 is 9.30 Å². The van der Waals surface area contributed by atoms with Crippen molar-refractivity contribution in [2.45, 2.75) is 39.5 Å². The van der Waals surface area contributed by atoms with E-state index in [-0.39, 0.29) is 17.2 Å². The number of benzene rings is 1. The van der Waals surface area contributed by atoms with Crippen LogP contribution in [0.4, 0.5) is 5.69 Å². The number of hydrogen-bond donors (Lipinski definition) is 1. The predicted molar refractivity (Wildman–Crippen MR) is 97.6 cm³/mol. The smallest absolute Gasteiger partial charge is 0.355 e. The lowest BCUT2D eigenvalue weighted by Crippen LogP contribution is -2.15. The van der Waals surface area contributed by atoms with Gasteiger partial charge in [-0.1, -0.05) is 12.1 Å². The lowest BCUT2D eigenvalue weighted by atomic mass is 10.1. The van der Waals surface area contributed by atoms with Crippen LogP contribution in [0.15, 0.2) is 23.1 Å². The van der Waals surface area contributed by atoms with Gasteiger partial charge in [0.15, 0.2) is 0 Å². The molecule has 1 aromatic heterocycles. The van der Waals surface area contributed by atoms with Crippen LogP contribution in [-0.4, -0.2) is 25.6 Å². The number of carbonyl (C=O) groups excluding carboxylic acids is 1. The number of hydrogen-bond acceptors (Lipinski definition) is 4. The fourth-order valence-electron chi connectivity index (χ4n) is 2.88. The molecule has 0 spiro atoms. The third kappa shape index (κ3) is 3.56. The molecule has 7 heteroatoms. The minimum atomic E-state index is -3.84. The van der Waals surface area contributed by atoms with Crippen molar-refractivity contribution in [3.05, 3.63) is 46.3 Å². The van der Waals surface area contributed by atoms with Gasteiger partial charge in [0.05, 0.1) is 12.3 Å². The maximum atomic E-state index is 13.0. The van der Waals surface area contributed by atoms with Crippen LogP contribution in [0.1, 0.15) is 39.8 Å². The third-order valence-electron chi connectivity index (χ3n) is 4.24. The molecule has 0 aliphatic carbocycles. The van der Waals surface area contributed by atoms with E-state index in [1.54, 1.807) is 38.5 Å². The summed E-state index contributed by atoms with van der Waals surface area (Å²) < 4.78 is 35.2. The molecule has 0 fully saturated rings. The Labute approximate surface area is 148 Å². The summed E-state index contributed by atoms with van der Waals surface area (Å²) in [4.78, 5) is 12.3. The van der Waals surface area contributed by atoms with Gasteiger partial charge in [-0.15, -0.1) is 0 Å². The monoisotopic (exact) mass is 364 g/mol. The summed E-state index contributed by atoms with van der Waals surface area (Å²) in [5, 5.41) is 0. The van der Waals surface area contributed by atoms with E-state index in [0.717, 1.165) is 11.1 Å². The zero-order valence-electron chi connectivity index (χ0n) is 15.4. The number of nitrogens with zero attached hydrogens (tertiary/aromatic N) is 1. The van der Waals surface area contributed by atoms with E-state index in [2.05, 4.69) is 4.72 Å². The van der Waals surface area contributed by atoms with Gasteiger partial charge in [-0.25, -0.2) is 13.2 Å². The van der Waals surface area contributed by atoms with Crippen LogP contribution >= 0.6 is 0 Å². The van der Waals surface area contributed by atoms with Crippen LogP contribution in [0.5, 0.6) is 0 Å². The first-order chi connectivity index (χ1) is 11.6. The second kappa shape index (κ2) is 6.92. The molecule has 6 nitrogen and oxygen atoms in total. The van der Waals surface area contributed by atoms with Gasteiger partial charge in [-0.2, -0.15) is 0 Å². The molecule has 1 N–H and O–H groups in total. The molecule has 0 unspecified atom stereocenters. The minimum Gasteiger partial charge on any atom is -0.461 e. The lowest BCUT2D eigenvalue weighted by Gasteiger charge is -2.12. The molecule has 0 radical (unpaired) electrons. The molecule has 0 amide bonds. The summed E-state index contributed by atoms with van der Waals surface area (Å²) in [6.45, 7) is 8.97. The predicted octanol–water partition coefficient (Wildman–Crippen LogP) is 3.24. The Morgan fingerprint density at radius 1 is 1.20 bits per heavy atom. The van der Waals surface area contributed by atoms with E-state index in [0.29, 0.717) is 16.9 Å². The second-order valence-corrected chi connectivity index (χ2v) is 7.71. The summed E-state index contributed by atoms with van der Waals surface area (Å²) in [6.07, 6.45) is 0. The van der Waals surface area contributed by atoms with Gasteiger partial charge in [-0.05, 0) is 51.8 Å². The number of esters is 1. The average Bonchev–Trinajstić information content (AvgIpc) is 2.73. The van der Waals surface area contributed by atoms with Crippen LogP contribution in [0.3, 0.4) is 0 Å². The van der Waals surface area contributed by atoms with Crippen LogP contribution in [0.2, 0.25) is 0 Å². The van der Waals surface area contributed by atoms with Gasteiger partial charge in [0.25, 0.3) is 10.0 Å². The van der Waals surface area contributed by atoms with Crippen molar-refractivity contribution in [1.29, 1.82) is 0 Å². The highest BCUT2D eigenvalue weighted by Crippen LogP contribution is 2.29. The van der Waals surface area contributed by atoms with E-state index < -0.39 is 16.0 Å². The van der Waals surface area contributed by atoms with Crippen molar-refractivity contribution >= 4 is 21.7 Å². The molecule has 0 aliphatic heterocycles. The summed E-state index contributed by atoms with van der Waals surface area (Å²) in [6, 6.07) is 5.57. The van der Waals surface area contributed by atoms with Crippen molar-refractivity contribution in [3.63, 3.8) is 0 Å². The highest BCUT2D eigenvalue weighted by Gasteiger charge is 2.29. The average molecular weight is 364 g/mol. The van der Waals surface area contributed by atoms with Gasteiger partial charge in [0.1, 0.15) is 10.6 Å². The first-order valence-electron chi connectivity index (χ1n) is 8.03. The fraction of sp³-hybridized carbons (Fsp3) is 0.389. The van der Waals surface area contributed by atoms with Crippen LogP contribution in [0.25, 0.3) is 0 Å². The number of sulfonamides is 1. The number of carbonyl (C=O) groups is 1. The molecule has 1 aromatic carbocycles. The quantitative estimate of drug-likeness (QED) is 0.826. The van der Waals surface area contributed by atoms with E-state index >= 15 is 0 Å². The van der Waals surface area contributed by atoms with E-state index in [1.165, 1.54) is 0 Å². The maximum absolute atomic E-state index is 13.0. The Morgan fingerprint density at radius 2 is 1.84 bits per heavy atom. The van der Waals surface area contributed by atoms with Gasteiger partial charge in [-0.3, -0.25) is 4.72 Å². The summed E-state index contributed by atoms with van der Waals surface area (Å²) >= 11 is 0. The molecule has 2 aromatic rings. The summed E-state index contributed by atoms with van der Waals surface area (Å²) in [5.41, 5.74) is 3.43. The Hall–Kier alpha value is -2.28. The van der Waals surface area contributed by atoms with Crippen LogP contribution < -0.4 is 4.72 Å². The van der Waals surface area contributed by atoms with Gasteiger partial charge in [0, 0.05) is 18.3 Å². The summed E-state index contributed by atoms with van der Waals surface area (Å²) in [7, 11) is -2.18. The molecule has 25 heavy (non-hydrogen) atoms. The number of ether oxygens (including phenoxy) is 1. The van der Waals surface area contributed by atoms with Crippen molar-refractivity contribution in [1.82, 2.24) is 4.57 Å². The van der Waals surface area contributed by atoms with Crippen LogP contribution in [-0.2, 0) is 21.8 Å². The van der Waals surface area contributed by atoms with E-state index in [4.69, 9.17) is 4.74 Å². The Bertz CT molecular complexity index is 927. The third-order valence-corrected chi connectivity index (χ3v) is 5.87. The molecule has 136 valence electrons. The number of nitrogens with one attached hydrogen (secondary N) is 1. The number of rotatable bonds is 5. The highest BCUT2D eigenvalue weighted by atomic mass is 32.2. The molecule has 0 atom stereocenters. The second-order valence-electron chi connectivity index (χ2n) is 6.09. The van der Waals surface area contributed by atoms with Gasteiger partial charge >= 0.3 is 5.97 Å². The minimum absolute atomic E-state index is 0.110. The number of anilines is 1. The van der Waals surface area contributed by atoms with E-state index in [9.17, 15) is 13.2 Å². The van der Waals surface area contributed by atoms with Crippen molar-refractivity contribution in [3.8, 4) is 0 Å². The Kier molecular flexibility index (Phi) is 5.27. The Morgan fingerprint density at radius 3 is 2.44 bits per heavy atom. The first kappa shape index (κ1) is 19.1. The molecule has 0 saturated carbocycles. The maximum Gasteiger partial charge on any atom is 0.355 e. The standard InChI is InChI=1S/C18H24N2O4S/c1-7-24-18(21)16-13(4)17(14(5)20(16)6)25(22,23)19-15-10-11(2)8-9-12(15)3/h8-10,19H,7H2,1-6H3. The van der Waals surface area contributed by atoms with Gasteiger partial charge in [0.2, 0.25) is 0 Å². The SMILES string of the molecule is CCOC(=O)c1c(C)c(S(=O)(=O)Nc2cc(C)ccc2C)c(C)n1C. The van der Waals surface area contributed by atoms with E-state index in [1.807, 2.05) is 26.0 Å². The highest BCUT2D eigenvalue weighted by molar-refractivity contribution is 7.92. The molecular formula is C18H24N2O4S. The molecule has 0 bridgehead atoms. The summed E-state index contributed by atoms with van der Waals surface area (Å²) in [5.74, 6) is -0.529.